The lowest BCUT2D eigenvalue weighted by Crippen LogP contribution is -2.11. The van der Waals surface area contributed by atoms with Crippen LogP contribution in [-0.2, 0) is 6.42 Å². The molecule has 1 heterocycles. The van der Waals surface area contributed by atoms with Gasteiger partial charge in [-0.1, -0.05) is 26.2 Å². The van der Waals surface area contributed by atoms with Crippen LogP contribution < -0.4 is 0 Å². The van der Waals surface area contributed by atoms with Gasteiger partial charge in [0, 0.05) is 18.7 Å². The van der Waals surface area contributed by atoms with E-state index in [0.29, 0.717) is 12.5 Å². The Morgan fingerprint density at radius 1 is 1.38 bits per heavy atom. The minimum absolute atomic E-state index is 0.234. The van der Waals surface area contributed by atoms with Crippen molar-refractivity contribution in [2.24, 2.45) is 0 Å². The molecule has 1 rings (SSSR count). The summed E-state index contributed by atoms with van der Waals surface area (Å²) in [7, 11) is 0. The highest BCUT2D eigenvalue weighted by Gasteiger charge is 2.08. The SMILES string of the molecule is CCCCCC(O)Cc1ccn(C(C)C)n1. The molecule has 3 nitrogen and oxygen atoms in total. The minimum atomic E-state index is -0.234. The van der Waals surface area contributed by atoms with Crippen molar-refractivity contribution in [3.05, 3.63) is 18.0 Å². The number of aliphatic hydroxyl groups is 1. The van der Waals surface area contributed by atoms with E-state index >= 15 is 0 Å². The molecule has 0 aliphatic rings. The maximum atomic E-state index is 9.83. The molecule has 1 atom stereocenters. The lowest BCUT2D eigenvalue weighted by Gasteiger charge is -2.08. The number of unbranched alkanes of at least 4 members (excludes halogenated alkanes) is 2. The molecule has 0 radical (unpaired) electrons. The summed E-state index contributed by atoms with van der Waals surface area (Å²) in [5.41, 5.74) is 0.998. The molecule has 0 spiro atoms. The number of rotatable bonds is 7. The highest BCUT2D eigenvalue weighted by atomic mass is 16.3. The van der Waals surface area contributed by atoms with Gasteiger partial charge in [0.1, 0.15) is 0 Å². The van der Waals surface area contributed by atoms with E-state index in [1.54, 1.807) is 0 Å². The standard InChI is InChI=1S/C13H24N2O/c1-4-5-6-7-13(16)10-12-8-9-15(14-12)11(2)3/h8-9,11,13,16H,4-7,10H2,1-3H3. The molecular weight excluding hydrogens is 200 g/mol. The second kappa shape index (κ2) is 6.69. The smallest absolute Gasteiger partial charge is 0.0650 e. The van der Waals surface area contributed by atoms with Crippen molar-refractivity contribution in [3.8, 4) is 0 Å². The van der Waals surface area contributed by atoms with Crippen molar-refractivity contribution < 1.29 is 5.11 Å². The van der Waals surface area contributed by atoms with Crippen molar-refractivity contribution in [1.29, 1.82) is 0 Å². The quantitative estimate of drug-likeness (QED) is 0.723. The van der Waals surface area contributed by atoms with Crippen LogP contribution in [0.25, 0.3) is 0 Å². The first-order valence-corrected chi connectivity index (χ1v) is 6.35. The van der Waals surface area contributed by atoms with Gasteiger partial charge >= 0.3 is 0 Å². The monoisotopic (exact) mass is 224 g/mol. The molecule has 1 aromatic heterocycles. The summed E-state index contributed by atoms with van der Waals surface area (Å²) in [6, 6.07) is 2.40. The van der Waals surface area contributed by atoms with Crippen molar-refractivity contribution in [3.63, 3.8) is 0 Å². The van der Waals surface area contributed by atoms with Crippen LogP contribution in [0, 0.1) is 0 Å². The van der Waals surface area contributed by atoms with Crippen LogP contribution in [0.4, 0.5) is 0 Å². The lowest BCUT2D eigenvalue weighted by molar-refractivity contribution is 0.159. The third-order valence-electron chi connectivity index (χ3n) is 2.78. The first-order chi connectivity index (χ1) is 7.63. The summed E-state index contributed by atoms with van der Waals surface area (Å²) in [6.07, 6.45) is 6.85. The first kappa shape index (κ1) is 13.2. The van der Waals surface area contributed by atoms with Gasteiger partial charge in [-0.05, 0) is 26.3 Å². The number of aliphatic hydroxyl groups excluding tert-OH is 1. The van der Waals surface area contributed by atoms with E-state index in [-0.39, 0.29) is 6.10 Å². The molecule has 0 aromatic carbocycles. The predicted molar refractivity (Wildman–Crippen MR) is 66.5 cm³/mol. The highest BCUT2D eigenvalue weighted by Crippen LogP contribution is 2.10. The largest absolute Gasteiger partial charge is 0.393 e. The number of hydrogen-bond acceptors (Lipinski definition) is 2. The van der Waals surface area contributed by atoms with Gasteiger partial charge < -0.3 is 5.11 Å². The molecule has 3 heteroatoms. The van der Waals surface area contributed by atoms with E-state index in [4.69, 9.17) is 0 Å². The Labute approximate surface area is 98.5 Å². The third-order valence-corrected chi connectivity index (χ3v) is 2.78. The van der Waals surface area contributed by atoms with Crippen molar-refractivity contribution in [1.82, 2.24) is 9.78 Å². The Morgan fingerprint density at radius 2 is 2.12 bits per heavy atom. The summed E-state index contributed by atoms with van der Waals surface area (Å²) in [4.78, 5) is 0. The van der Waals surface area contributed by atoms with E-state index in [9.17, 15) is 5.11 Å². The molecule has 0 aliphatic carbocycles. The van der Waals surface area contributed by atoms with Gasteiger partial charge in [0.25, 0.3) is 0 Å². The molecule has 0 amide bonds. The van der Waals surface area contributed by atoms with E-state index in [0.717, 1.165) is 18.5 Å². The van der Waals surface area contributed by atoms with Crippen LogP contribution in [0.1, 0.15) is 58.2 Å². The van der Waals surface area contributed by atoms with E-state index < -0.39 is 0 Å². The molecule has 92 valence electrons. The molecule has 16 heavy (non-hydrogen) atoms. The Bertz CT molecular complexity index is 294. The second-order valence-corrected chi connectivity index (χ2v) is 4.73. The van der Waals surface area contributed by atoms with E-state index in [1.165, 1.54) is 12.8 Å². The van der Waals surface area contributed by atoms with Crippen molar-refractivity contribution in [2.45, 2.75) is 65.0 Å². The normalized spacial score (nSPS) is 13.3. The molecule has 0 saturated carbocycles. The van der Waals surface area contributed by atoms with Crippen LogP contribution >= 0.6 is 0 Å². The van der Waals surface area contributed by atoms with Crippen molar-refractivity contribution >= 4 is 0 Å². The van der Waals surface area contributed by atoms with Gasteiger partial charge in [-0.2, -0.15) is 5.10 Å². The van der Waals surface area contributed by atoms with E-state index in [2.05, 4.69) is 25.9 Å². The maximum Gasteiger partial charge on any atom is 0.0650 e. The zero-order valence-electron chi connectivity index (χ0n) is 10.7. The van der Waals surface area contributed by atoms with Crippen molar-refractivity contribution in [2.75, 3.05) is 0 Å². The minimum Gasteiger partial charge on any atom is -0.393 e. The molecule has 1 unspecified atom stereocenters. The van der Waals surface area contributed by atoms with Gasteiger partial charge in [0.15, 0.2) is 0 Å². The van der Waals surface area contributed by atoms with Gasteiger partial charge in [-0.25, -0.2) is 0 Å². The molecule has 1 aromatic rings. The molecule has 0 bridgehead atoms. The summed E-state index contributed by atoms with van der Waals surface area (Å²) in [5.74, 6) is 0. The highest BCUT2D eigenvalue weighted by molar-refractivity contribution is 5.01. The average Bonchev–Trinajstić information content (AvgIpc) is 2.66. The summed E-state index contributed by atoms with van der Waals surface area (Å²) >= 11 is 0. The van der Waals surface area contributed by atoms with Crippen LogP contribution in [0.5, 0.6) is 0 Å². The average molecular weight is 224 g/mol. The Balaban J connectivity index is 2.34. The van der Waals surface area contributed by atoms with Gasteiger partial charge in [0.2, 0.25) is 0 Å². The number of aromatic nitrogens is 2. The molecule has 1 N–H and O–H groups in total. The lowest BCUT2D eigenvalue weighted by atomic mass is 10.1. The molecular formula is C13H24N2O. The predicted octanol–water partition coefficient (Wildman–Crippen LogP) is 2.95. The zero-order chi connectivity index (χ0) is 12.0. The second-order valence-electron chi connectivity index (χ2n) is 4.73. The van der Waals surface area contributed by atoms with Crippen LogP contribution in [0.2, 0.25) is 0 Å². The molecule has 0 aliphatic heterocycles. The summed E-state index contributed by atoms with van der Waals surface area (Å²) in [5, 5.41) is 14.3. The fourth-order valence-electron chi connectivity index (χ4n) is 1.75. The molecule has 0 fully saturated rings. The van der Waals surface area contributed by atoms with Crippen LogP contribution in [0.15, 0.2) is 12.3 Å². The Morgan fingerprint density at radius 3 is 2.69 bits per heavy atom. The zero-order valence-corrected chi connectivity index (χ0v) is 10.7. The van der Waals surface area contributed by atoms with Gasteiger partial charge in [-0.15, -0.1) is 0 Å². The summed E-state index contributed by atoms with van der Waals surface area (Å²) < 4.78 is 1.94. The fraction of sp³-hybridized carbons (Fsp3) is 0.769. The van der Waals surface area contributed by atoms with Gasteiger partial charge in [0.05, 0.1) is 11.8 Å². The first-order valence-electron chi connectivity index (χ1n) is 6.35. The van der Waals surface area contributed by atoms with E-state index in [1.807, 2.05) is 16.9 Å². The Kier molecular flexibility index (Phi) is 5.53. The maximum absolute atomic E-state index is 9.83. The number of hydrogen-bond donors (Lipinski definition) is 1. The van der Waals surface area contributed by atoms with Crippen LogP contribution in [0.3, 0.4) is 0 Å². The molecule has 0 saturated heterocycles. The fourth-order valence-corrected chi connectivity index (χ4v) is 1.75. The topological polar surface area (TPSA) is 38.0 Å². The van der Waals surface area contributed by atoms with Crippen LogP contribution in [-0.4, -0.2) is 21.0 Å². The number of nitrogens with zero attached hydrogens (tertiary/aromatic N) is 2. The Hall–Kier alpha value is -0.830. The summed E-state index contributed by atoms with van der Waals surface area (Å²) in [6.45, 7) is 6.39. The van der Waals surface area contributed by atoms with Gasteiger partial charge in [-0.3, -0.25) is 4.68 Å². The third kappa shape index (κ3) is 4.35.